The molecule has 0 saturated carbocycles. The van der Waals surface area contributed by atoms with Gasteiger partial charge in [0.05, 0.1) is 4.90 Å². The summed E-state index contributed by atoms with van der Waals surface area (Å²) in [5.41, 5.74) is 7.54. The highest BCUT2D eigenvalue weighted by atomic mass is 35.5. The molecule has 4 N–H and O–H groups in total. The van der Waals surface area contributed by atoms with E-state index in [0.29, 0.717) is 31.2 Å². The van der Waals surface area contributed by atoms with Crippen molar-refractivity contribution in [3.63, 3.8) is 0 Å². The summed E-state index contributed by atoms with van der Waals surface area (Å²) in [5, 5.41) is 3.80. The van der Waals surface area contributed by atoms with Gasteiger partial charge in [0.2, 0.25) is 10.0 Å². The van der Waals surface area contributed by atoms with Gasteiger partial charge in [-0.1, -0.05) is 41.9 Å². The standard InChI is InChI=1S/C22H29ClN5O3S/c1-15-7-8-17(11-19(15)23)21-25-13-20(26-32(30,31)18-5-3-2-4-6-18)22(28(21)29)27-10-9-16(12-24)14-27/h2-8,11,16,20-22,25-26H,9-10,12-14,24H2,1H3/q+1. The Kier molecular flexibility index (Phi) is 6.94. The van der Waals surface area contributed by atoms with Gasteiger partial charge in [0.25, 0.3) is 12.3 Å². The summed E-state index contributed by atoms with van der Waals surface area (Å²) in [6.07, 6.45) is -0.420. The van der Waals surface area contributed by atoms with Crippen LogP contribution >= 0.6 is 11.6 Å². The number of likely N-dealkylation sites (tertiary alicyclic amines) is 1. The Labute approximate surface area is 193 Å². The lowest BCUT2D eigenvalue weighted by molar-refractivity contribution is -0.664. The van der Waals surface area contributed by atoms with Gasteiger partial charge < -0.3 is 5.73 Å². The van der Waals surface area contributed by atoms with Gasteiger partial charge in [-0.15, -0.1) is 0 Å². The molecule has 8 nitrogen and oxygen atoms in total. The Hall–Kier alpha value is -1.88. The number of nitrogens with one attached hydrogen (secondary N) is 2. The summed E-state index contributed by atoms with van der Waals surface area (Å²) in [4.78, 5) is 15.9. The topological polar surface area (TPSA) is 108 Å². The molecule has 0 radical (unpaired) electrons. The molecule has 2 heterocycles. The largest absolute Gasteiger partial charge is 0.330 e. The van der Waals surface area contributed by atoms with Crippen LogP contribution in [0.1, 0.15) is 23.7 Å². The molecule has 4 unspecified atom stereocenters. The van der Waals surface area contributed by atoms with Gasteiger partial charge in [-0.3, -0.25) is 0 Å². The maximum atomic E-state index is 13.6. The van der Waals surface area contributed by atoms with Gasteiger partial charge >= 0.3 is 0 Å². The van der Waals surface area contributed by atoms with Crippen LogP contribution in [-0.4, -0.2) is 56.5 Å². The monoisotopic (exact) mass is 478 g/mol. The molecule has 0 bridgehead atoms. The van der Waals surface area contributed by atoms with E-state index in [4.69, 9.17) is 17.3 Å². The first-order chi connectivity index (χ1) is 15.3. The zero-order valence-electron chi connectivity index (χ0n) is 17.9. The Morgan fingerprint density at radius 3 is 2.66 bits per heavy atom. The van der Waals surface area contributed by atoms with Gasteiger partial charge in [-0.05, 0) is 49.6 Å². The summed E-state index contributed by atoms with van der Waals surface area (Å²) in [7, 11) is -3.79. The van der Waals surface area contributed by atoms with E-state index in [1.165, 1.54) is 0 Å². The molecule has 2 aromatic rings. The third-order valence-electron chi connectivity index (χ3n) is 6.30. The molecule has 0 spiro atoms. The van der Waals surface area contributed by atoms with E-state index in [0.717, 1.165) is 22.3 Å². The van der Waals surface area contributed by atoms with E-state index in [1.54, 1.807) is 36.4 Å². The molecule has 172 valence electrons. The molecule has 0 amide bonds. The number of hydrogen-bond donors (Lipinski definition) is 3. The number of hydrogen-bond acceptors (Lipinski definition) is 6. The smallest absolute Gasteiger partial charge is 0.282 e. The molecule has 2 aliphatic heterocycles. The van der Waals surface area contributed by atoms with Crippen LogP contribution in [0.15, 0.2) is 53.4 Å². The molecular formula is C22H29ClN5O3S+. The molecule has 4 atom stereocenters. The Morgan fingerprint density at radius 2 is 2.00 bits per heavy atom. The number of aryl methyl sites for hydroxylation is 1. The van der Waals surface area contributed by atoms with Gasteiger partial charge in [0.15, 0.2) is 0 Å². The molecule has 2 aliphatic rings. The average molecular weight is 479 g/mol. The zero-order valence-corrected chi connectivity index (χ0v) is 19.5. The van der Waals surface area contributed by atoms with Crippen molar-refractivity contribution in [3.8, 4) is 0 Å². The number of nitrogens with zero attached hydrogens (tertiary/aromatic N) is 2. The number of nitroso groups, excluding NO2 is 1. The van der Waals surface area contributed by atoms with Crippen molar-refractivity contribution in [1.82, 2.24) is 14.9 Å². The predicted octanol–water partition coefficient (Wildman–Crippen LogP) is 1.98. The molecule has 2 aromatic carbocycles. The number of benzene rings is 2. The first kappa shape index (κ1) is 23.3. The number of nitrogens with two attached hydrogens (primary N) is 1. The summed E-state index contributed by atoms with van der Waals surface area (Å²) in [5.74, 6) is 0.289. The summed E-state index contributed by atoms with van der Waals surface area (Å²) in [6, 6.07) is 13.1. The molecule has 0 aliphatic carbocycles. The quantitative estimate of drug-likeness (QED) is 0.548. The van der Waals surface area contributed by atoms with Crippen LogP contribution in [-0.2, 0) is 10.0 Å². The van der Waals surface area contributed by atoms with E-state index in [9.17, 15) is 13.3 Å². The first-order valence-corrected chi connectivity index (χ1v) is 12.6. The van der Waals surface area contributed by atoms with E-state index in [-0.39, 0.29) is 10.8 Å². The summed E-state index contributed by atoms with van der Waals surface area (Å²) >= 11 is 6.30. The number of rotatable bonds is 6. The van der Waals surface area contributed by atoms with Crippen LogP contribution in [0.5, 0.6) is 0 Å². The zero-order chi connectivity index (χ0) is 22.9. The van der Waals surface area contributed by atoms with Gasteiger partial charge in [-0.2, -0.15) is 4.72 Å². The summed E-state index contributed by atoms with van der Waals surface area (Å²) in [6.45, 7) is 4.10. The van der Waals surface area contributed by atoms with Crippen LogP contribution in [0.2, 0.25) is 5.02 Å². The molecule has 2 fully saturated rings. The van der Waals surface area contributed by atoms with E-state index in [2.05, 4.69) is 10.0 Å². The maximum Gasteiger partial charge on any atom is 0.282 e. The van der Waals surface area contributed by atoms with E-state index >= 15 is 0 Å². The third kappa shape index (κ3) is 4.73. The second-order valence-corrected chi connectivity index (χ2v) is 10.6. The molecule has 0 aromatic heterocycles. The second kappa shape index (κ2) is 9.54. The van der Waals surface area contributed by atoms with Crippen LogP contribution < -0.4 is 15.8 Å². The van der Waals surface area contributed by atoms with Gasteiger partial charge in [0, 0.05) is 39.9 Å². The lowest BCUT2D eigenvalue weighted by Crippen LogP contribution is -2.65. The minimum atomic E-state index is -3.79. The minimum absolute atomic E-state index is 0.171. The van der Waals surface area contributed by atoms with Crippen LogP contribution in [0.3, 0.4) is 0 Å². The highest BCUT2D eigenvalue weighted by Gasteiger charge is 2.51. The fourth-order valence-corrected chi connectivity index (χ4v) is 5.93. The highest BCUT2D eigenvalue weighted by Crippen LogP contribution is 2.29. The van der Waals surface area contributed by atoms with Crippen molar-refractivity contribution >= 4 is 21.6 Å². The highest BCUT2D eigenvalue weighted by molar-refractivity contribution is 7.89. The van der Waals surface area contributed by atoms with Crippen molar-refractivity contribution < 1.29 is 13.2 Å². The molecular weight excluding hydrogens is 450 g/mol. The Bertz CT molecular complexity index is 1080. The molecule has 4 rings (SSSR count). The Morgan fingerprint density at radius 1 is 1.25 bits per heavy atom. The SMILES string of the molecule is Cc1ccc(C2NCC(NS(=O)(=O)c3ccccc3)C(N3CCC(CN)C3)[N+]2=O)cc1Cl. The lowest BCUT2D eigenvalue weighted by atomic mass is 10.0. The summed E-state index contributed by atoms with van der Waals surface area (Å²) < 4.78 is 29.7. The lowest BCUT2D eigenvalue weighted by Gasteiger charge is -2.34. The van der Waals surface area contributed by atoms with Crippen molar-refractivity contribution in [1.29, 1.82) is 0 Å². The normalized spacial score (nSPS) is 27.0. The van der Waals surface area contributed by atoms with Gasteiger partial charge in [-0.25, -0.2) is 18.6 Å². The van der Waals surface area contributed by atoms with E-state index < -0.39 is 28.4 Å². The van der Waals surface area contributed by atoms with Gasteiger partial charge in [0.1, 0.15) is 6.04 Å². The van der Waals surface area contributed by atoms with Crippen LogP contribution in [0, 0.1) is 17.7 Å². The van der Waals surface area contributed by atoms with Crippen molar-refractivity contribution in [3.05, 3.63) is 69.6 Å². The van der Waals surface area contributed by atoms with E-state index in [1.807, 2.05) is 24.0 Å². The van der Waals surface area contributed by atoms with Crippen molar-refractivity contribution in [2.75, 3.05) is 26.2 Å². The Balaban J connectivity index is 1.63. The second-order valence-electron chi connectivity index (χ2n) is 8.52. The van der Waals surface area contributed by atoms with Crippen LogP contribution in [0.4, 0.5) is 0 Å². The molecule has 32 heavy (non-hydrogen) atoms. The molecule has 10 heteroatoms. The number of halogens is 1. The predicted molar refractivity (Wildman–Crippen MR) is 124 cm³/mol. The fourth-order valence-electron chi connectivity index (χ4n) is 4.49. The van der Waals surface area contributed by atoms with Crippen molar-refractivity contribution in [2.24, 2.45) is 11.7 Å². The van der Waals surface area contributed by atoms with Crippen molar-refractivity contribution in [2.45, 2.75) is 36.6 Å². The molecule has 2 saturated heterocycles. The van der Waals surface area contributed by atoms with Crippen LogP contribution in [0.25, 0.3) is 0 Å². The maximum absolute atomic E-state index is 13.6. The third-order valence-corrected chi connectivity index (χ3v) is 8.22. The minimum Gasteiger partial charge on any atom is -0.330 e. The number of sulfonamides is 1. The fraction of sp³-hybridized carbons (Fsp3) is 0.455. The average Bonchev–Trinajstić information content (AvgIpc) is 3.25. The first-order valence-electron chi connectivity index (χ1n) is 10.8.